The number of esters is 2. The lowest BCUT2D eigenvalue weighted by Gasteiger charge is -2.61. The van der Waals surface area contributed by atoms with Crippen molar-refractivity contribution in [1.29, 1.82) is 0 Å². The van der Waals surface area contributed by atoms with E-state index in [0.29, 0.717) is 34.6 Å². The second-order valence-electron chi connectivity index (χ2n) is 11.2. The lowest BCUT2D eigenvalue weighted by atomic mass is 9.44. The van der Waals surface area contributed by atoms with Crippen molar-refractivity contribution in [3.05, 3.63) is 11.6 Å². The largest absolute Gasteiger partial charge is 0.462 e. The number of ether oxygens (including phenoxy) is 2. The molecular formula is C25H35BrO4. The summed E-state index contributed by atoms with van der Waals surface area (Å²) in [6.07, 6.45) is 12.9. The highest BCUT2D eigenvalue weighted by molar-refractivity contribution is 9.09. The van der Waals surface area contributed by atoms with Gasteiger partial charge in [-0.3, -0.25) is 4.79 Å². The number of rotatable bonds is 3. The standard InChI is InChI=1S/C25H35BrO4/c1-24-9-7-17(30-23(28)13-26)12-16(24)3-4-18-20-6-5-19(15-11-22(27)29-14-15)25(20,2)10-8-21(18)24/h11,16-21H,3-10,12-14H2,1-2H3/t16-,17+,18+,19-,20+,21+,24+,25-/m1/s1. The molecule has 30 heavy (non-hydrogen) atoms. The predicted octanol–water partition coefficient (Wildman–Crippen LogP) is 5.44. The number of fused-ring (bicyclic) bond motifs is 5. The van der Waals surface area contributed by atoms with Gasteiger partial charge in [0, 0.05) is 6.08 Å². The van der Waals surface area contributed by atoms with Gasteiger partial charge in [0.05, 0.1) is 0 Å². The van der Waals surface area contributed by atoms with E-state index in [1.54, 1.807) is 6.08 Å². The van der Waals surface area contributed by atoms with E-state index in [1.165, 1.54) is 50.5 Å². The SMILES string of the molecule is C[C@]12CC[C@H](OC(=O)CBr)C[C@H]1CC[C@@H]1[C@@H]2CC[C@]2(C)[C@@H](C3=CC(=O)OC3)CC[C@@H]12. The van der Waals surface area contributed by atoms with Crippen molar-refractivity contribution < 1.29 is 19.1 Å². The fourth-order valence-corrected chi connectivity index (χ4v) is 8.87. The summed E-state index contributed by atoms with van der Waals surface area (Å²) < 4.78 is 11.0. The number of halogens is 1. The molecule has 0 spiro atoms. The van der Waals surface area contributed by atoms with Gasteiger partial charge >= 0.3 is 11.9 Å². The summed E-state index contributed by atoms with van der Waals surface area (Å²) in [6, 6.07) is 0. The van der Waals surface area contributed by atoms with Crippen LogP contribution in [0.2, 0.25) is 0 Å². The van der Waals surface area contributed by atoms with Gasteiger partial charge < -0.3 is 9.47 Å². The van der Waals surface area contributed by atoms with Crippen molar-refractivity contribution in [2.24, 2.45) is 40.4 Å². The molecular weight excluding hydrogens is 444 g/mol. The number of cyclic esters (lactones) is 1. The summed E-state index contributed by atoms with van der Waals surface area (Å²) >= 11 is 3.23. The highest BCUT2D eigenvalue weighted by Crippen LogP contribution is 2.68. The van der Waals surface area contributed by atoms with Gasteiger partial charge in [-0.25, -0.2) is 4.79 Å². The van der Waals surface area contributed by atoms with Crippen LogP contribution in [0.3, 0.4) is 0 Å². The van der Waals surface area contributed by atoms with E-state index in [-0.39, 0.29) is 18.0 Å². The molecule has 0 saturated heterocycles. The third-order valence-electron chi connectivity index (χ3n) is 10.2. The summed E-state index contributed by atoms with van der Waals surface area (Å²) in [7, 11) is 0. The first kappa shape index (κ1) is 21.0. The predicted molar refractivity (Wildman–Crippen MR) is 118 cm³/mol. The van der Waals surface area contributed by atoms with Crippen LogP contribution < -0.4 is 0 Å². The zero-order valence-electron chi connectivity index (χ0n) is 18.3. The Bertz CT molecular complexity index is 762. The first-order chi connectivity index (χ1) is 14.3. The summed E-state index contributed by atoms with van der Waals surface area (Å²) in [4.78, 5) is 23.4. The number of hydrogen-bond donors (Lipinski definition) is 0. The first-order valence-corrected chi connectivity index (χ1v) is 13.1. The van der Waals surface area contributed by atoms with Crippen molar-refractivity contribution >= 4 is 27.9 Å². The molecule has 0 aromatic rings. The van der Waals surface area contributed by atoms with Gasteiger partial charge in [-0.2, -0.15) is 0 Å². The van der Waals surface area contributed by atoms with E-state index in [9.17, 15) is 9.59 Å². The minimum Gasteiger partial charge on any atom is -0.462 e. The van der Waals surface area contributed by atoms with E-state index in [1.807, 2.05) is 0 Å². The van der Waals surface area contributed by atoms with Gasteiger partial charge in [0.25, 0.3) is 0 Å². The molecule has 5 heteroatoms. The van der Waals surface area contributed by atoms with Crippen molar-refractivity contribution in [3.63, 3.8) is 0 Å². The Morgan fingerprint density at radius 1 is 1.10 bits per heavy atom. The molecule has 0 radical (unpaired) electrons. The maximum absolute atomic E-state index is 11.8. The monoisotopic (exact) mass is 478 g/mol. The number of hydrogen-bond acceptors (Lipinski definition) is 4. The van der Waals surface area contributed by atoms with Crippen LogP contribution in [0, 0.1) is 40.4 Å². The van der Waals surface area contributed by atoms with Crippen LogP contribution in [0.1, 0.15) is 71.6 Å². The van der Waals surface area contributed by atoms with Crippen LogP contribution in [0.25, 0.3) is 0 Å². The lowest BCUT2D eigenvalue weighted by Crippen LogP contribution is -2.54. The van der Waals surface area contributed by atoms with Crippen molar-refractivity contribution in [2.75, 3.05) is 11.9 Å². The molecule has 4 nitrogen and oxygen atoms in total. The van der Waals surface area contributed by atoms with E-state index in [4.69, 9.17) is 9.47 Å². The molecule has 0 bridgehead atoms. The Balaban J connectivity index is 1.33. The highest BCUT2D eigenvalue weighted by Gasteiger charge is 2.60. The number of alkyl halides is 1. The molecule has 8 atom stereocenters. The average Bonchev–Trinajstić information content (AvgIpc) is 3.30. The van der Waals surface area contributed by atoms with Gasteiger partial charge in [-0.05, 0) is 104 Å². The normalized spacial score (nSPS) is 47.6. The average molecular weight is 479 g/mol. The molecule has 0 aromatic carbocycles. The fourth-order valence-electron chi connectivity index (χ4n) is 8.74. The molecule has 1 aliphatic heterocycles. The van der Waals surface area contributed by atoms with Gasteiger partial charge in [0.2, 0.25) is 0 Å². The molecule has 5 rings (SSSR count). The fraction of sp³-hybridized carbons (Fsp3) is 0.840. The Labute approximate surface area is 188 Å². The first-order valence-electron chi connectivity index (χ1n) is 12.0. The summed E-state index contributed by atoms with van der Waals surface area (Å²) in [6.45, 7) is 5.59. The summed E-state index contributed by atoms with van der Waals surface area (Å²) in [5.41, 5.74) is 1.98. The Morgan fingerprint density at radius 2 is 1.87 bits per heavy atom. The molecule has 0 amide bonds. The topological polar surface area (TPSA) is 52.6 Å². The smallest absolute Gasteiger partial charge is 0.331 e. The Morgan fingerprint density at radius 3 is 2.60 bits per heavy atom. The highest BCUT2D eigenvalue weighted by atomic mass is 79.9. The summed E-state index contributed by atoms with van der Waals surface area (Å²) in [5.74, 6) is 3.35. The van der Waals surface area contributed by atoms with E-state index in [2.05, 4.69) is 29.8 Å². The lowest BCUT2D eigenvalue weighted by molar-refractivity contribution is -0.159. The van der Waals surface area contributed by atoms with E-state index in [0.717, 1.165) is 30.6 Å². The molecule has 0 unspecified atom stereocenters. The molecule has 4 aliphatic carbocycles. The number of carbonyl (C=O) groups excluding carboxylic acids is 2. The quantitative estimate of drug-likeness (QED) is 0.400. The van der Waals surface area contributed by atoms with Gasteiger partial charge in [-0.15, -0.1) is 0 Å². The zero-order valence-corrected chi connectivity index (χ0v) is 19.9. The van der Waals surface area contributed by atoms with Gasteiger partial charge in [-0.1, -0.05) is 29.8 Å². The van der Waals surface area contributed by atoms with Crippen LogP contribution in [0.4, 0.5) is 0 Å². The molecule has 1 heterocycles. The zero-order chi connectivity index (χ0) is 21.1. The van der Waals surface area contributed by atoms with Crippen LogP contribution >= 0.6 is 15.9 Å². The maximum atomic E-state index is 11.8. The minimum atomic E-state index is -0.142. The molecule has 0 N–H and O–H groups in total. The Hall–Kier alpha value is -0.840. The second kappa shape index (κ2) is 7.64. The van der Waals surface area contributed by atoms with Gasteiger partial charge in [0.15, 0.2) is 0 Å². The van der Waals surface area contributed by atoms with Crippen LogP contribution in [0.15, 0.2) is 11.6 Å². The second-order valence-corrected chi connectivity index (χ2v) is 11.7. The molecule has 166 valence electrons. The van der Waals surface area contributed by atoms with Crippen LogP contribution in [0.5, 0.6) is 0 Å². The molecule has 5 aliphatic rings. The van der Waals surface area contributed by atoms with Crippen LogP contribution in [-0.4, -0.2) is 30.0 Å². The Kier molecular flexibility index (Phi) is 5.35. The van der Waals surface area contributed by atoms with Crippen molar-refractivity contribution in [1.82, 2.24) is 0 Å². The third-order valence-corrected chi connectivity index (χ3v) is 10.6. The number of carbonyl (C=O) groups is 2. The molecule has 4 fully saturated rings. The van der Waals surface area contributed by atoms with E-state index < -0.39 is 0 Å². The van der Waals surface area contributed by atoms with Crippen molar-refractivity contribution in [3.8, 4) is 0 Å². The van der Waals surface area contributed by atoms with Crippen LogP contribution in [-0.2, 0) is 19.1 Å². The molecule has 0 aromatic heterocycles. The minimum absolute atomic E-state index is 0.112. The maximum Gasteiger partial charge on any atom is 0.331 e. The van der Waals surface area contributed by atoms with Gasteiger partial charge in [0.1, 0.15) is 18.0 Å². The van der Waals surface area contributed by atoms with E-state index >= 15 is 0 Å². The third kappa shape index (κ3) is 3.20. The summed E-state index contributed by atoms with van der Waals surface area (Å²) in [5, 5.41) is 0.296. The van der Waals surface area contributed by atoms with Crippen molar-refractivity contribution in [2.45, 2.75) is 77.7 Å². The molecule has 4 saturated carbocycles.